The summed E-state index contributed by atoms with van der Waals surface area (Å²) in [5.41, 5.74) is 2.30. The van der Waals surface area contributed by atoms with E-state index in [1.807, 2.05) is 38.1 Å². The van der Waals surface area contributed by atoms with Gasteiger partial charge in [-0.1, -0.05) is 79.6 Å². The van der Waals surface area contributed by atoms with E-state index in [1.54, 1.807) is 55.5 Å². The van der Waals surface area contributed by atoms with E-state index in [1.165, 1.54) is 17.0 Å². The van der Waals surface area contributed by atoms with Gasteiger partial charge in [0.25, 0.3) is 10.0 Å². The van der Waals surface area contributed by atoms with Gasteiger partial charge in [-0.25, -0.2) is 8.42 Å². The van der Waals surface area contributed by atoms with E-state index in [0.29, 0.717) is 12.2 Å². The van der Waals surface area contributed by atoms with Gasteiger partial charge < -0.3 is 10.2 Å². The molecule has 37 heavy (non-hydrogen) atoms. The number of hydrogen-bond acceptors (Lipinski definition) is 4. The van der Waals surface area contributed by atoms with Gasteiger partial charge in [-0.2, -0.15) is 0 Å². The third kappa shape index (κ3) is 7.43. The fourth-order valence-electron chi connectivity index (χ4n) is 3.85. The molecule has 1 atom stereocenters. The molecule has 0 fully saturated rings. The Morgan fingerprint density at radius 1 is 0.892 bits per heavy atom. The Bertz CT molecular complexity index is 1260. The predicted octanol–water partition coefficient (Wildman–Crippen LogP) is 4.52. The molecule has 3 aromatic carbocycles. The Morgan fingerprint density at radius 2 is 1.49 bits per heavy atom. The van der Waals surface area contributed by atoms with Crippen LogP contribution in [0.15, 0.2) is 89.8 Å². The number of aryl methyl sites for hydroxylation is 1. The second kappa shape index (κ2) is 13.1. The normalized spacial score (nSPS) is 12.0. The first-order chi connectivity index (χ1) is 17.7. The SMILES string of the molecule is CCCCNC(=O)[C@@H](C)N(Cc1ccc(C)cc1)C(=O)CN(c1ccccc1)S(=O)(=O)c1ccccc1. The number of benzene rings is 3. The summed E-state index contributed by atoms with van der Waals surface area (Å²) in [4.78, 5) is 28.3. The van der Waals surface area contributed by atoms with E-state index in [0.717, 1.165) is 28.3 Å². The van der Waals surface area contributed by atoms with Crippen molar-refractivity contribution < 1.29 is 18.0 Å². The molecule has 0 heterocycles. The molecule has 0 spiro atoms. The van der Waals surface area contributed by atoms with Crippen LogP contribution in [0.25, 0.3) is 0 Å². The van der Waals surface area contributed by atoms with E-state index in [4.69, 9.17) is 0 Å². The molecule has 3 rings (SSSR count). The number of para-hydroxylation sites is 1. The molecule has 7 nitrogen and oxygen atoms in total. The summed E-state index contributed by atoms with van der Waals surface area (Å²) in [6, 6.07) is 23.5. The lowest BCUT2D eigenvalue weighted by atomic mass is 10.1. The summed E-state index contributed by atoms with van der Waals surface area (Å²) < 4.78 is 28.4. The molecule has 0 radical (unpaired) electrons. The summed E-state index contributed by atoms with van der Waals surface area (Å²) in [6.45, 7) is 5.93. The number of unbranched alkanes of at least 4 members (excludes halogenated alkanes) is 1. The monoisotopic (exact) mass is 521 g/mol. The molecule has 0 bridgehead atoms. The van der Waals surface area contributed by atoms with Crippen molar-refractivity contribution in [2.24, 2.45) is 0 Å². The fourth-order valence-corrected chi connectivity index (χ4v) is 5.29. The number of sulfonamides is 1. The molecular formula is C29H35N3O4S. The zero-order valence-electron chi connectivity index (χ0n) is 21.6. The maximum absolute atomic E-state index is 13.8. The molecule has 196 valence electrons. The van der Waals surface area contributed by atoms with Crippen molar-refractivity contribution in [3.8, 4) is 0 Å². The smallest absolute Gasteiger partial charge is 0.264 e. The maximum atomic E-state index is 13.8. The molecule has 3 aromatic rings. The minimum Gasteiger partial charge on any atom is -0.354 e. The molecule has 0 aliphatic carbocycles. The molecule has 0 saturated heterocycles. The van der Waals surface area contributed by atoms with Crippen LogP contribution in [0.3, 0.4) is 0 Å². The van der Waals surface area contributed by atoms with Crippen LogP contribution in [0, 0.1) is 6.92 Å². The van der Waals surface area contributed by atoms with Crippen LogP contribution in [0.2, 0.25) is 0 Å². The van der Waals surface area contributed by atoms with Crippen LogP contribution >= 0.6 is 0 Å². The van der Waals surface area contributed by atoms with Gasteiger partial charge in [0.2, 0.25) is 11.8 Å². The number of hydrogen-bond donors (Lipinski definition) is 1. The highest BCUT2D eigenvalue weighted by molar-refractivity contribution is 7.92. The highest BCUT2D eigenvalue weighted by Crippen LogP contribution is 2.24. The van der Waals surface area contributed by atoms with Crippen molar-refractivity contribution >= 4 is 27.5 Å². The van der Waals surface area contributed by atoms with Gasteiger partial charge >= 0.3 is 0 Å². The average Bonchev–Trinajstić information content (AvgIpc) is 2.91. The van der Waals surface area contributed by atoms with E-state index < -0.39 is 28.5 Å². The highest BCUT2D eigenvalue weighted by Gasteiger charge is 2.32. The van der Waals surface area contributed by atoms with Gasteiger partial charge in [-0.05, 0) is 50.1 Å². The first kappa shape index (κ1) is 27.9. The van der Waals surface area contributed by atoms with E-state index in [9.17, 15) is 18.0 Å². The zero-order valence-corrected chi connectivity index (χ0v) is 22.4. The van der Waals surface area contributed by atoms with Gasteiger partial charge in [-0.3, -0.25) is 13.9 Å². The second-order valence-electron chi connectivity index (χ2n) is 8.99. The molecular weight excluding hydrogens is 486 g/mol. The van der Waals surface area contributed by atoms with Crippen LogP contribution in [-0.2, 0) is 26.2 Å². The van der Waals surface area contributed by atoms with E-state index >= 15 is 0 Å². The van der Waals surface area contributed by atoms with Gasteiger partial charge in [0, 0.05) is 13.1 Å². The Morgan fingerprint density at radius 3 is 2.08 bits per heavy atom. The Labute approximate surface area is 220 Å². The number of anilines is 1. The number of amides is 2. The van der Waals surface area contributed by atoms with E-state index in [2.05, 4.69) is 5.32 Å². The lowest BCUT2D eigenvalue weighted by Gasteiger charge is -2.32. The Balaban J connectivity index is 1.95. The maximum Gasteiger partial charge on any atom is 0.264 e. The Kier molecular flexibility index (Phi) is 9.85. The largest absolute Gasteiger partial charge is 0.354 e. The lowest BCUT2D eigenvalue weighted by Crippen LogP contribution is -2.51. The molecule has 8 heteroatoms. The zero-order chi connectivity index (χ0) is 26.8. The van der Waals surface area contributed by atoms with Crippen molar-refractivity contribution in [2.75, 3.05) is 17.4 Å². The minimum atomic E-state index is -4.04. The van der Waals surface area contributed by atoms with Crippen molar-refractivity contribution in [3.05, 3.63) is 96.1 Å². The van der Waals surface area contributed by atoms with Crippen molar-refractivity contribution in [1.29, 1.82) is 0 Å². The van der Waals surface area contributed by atoms with Crippen molar-refractivity contribution in [3.63, 3.8) is 0 Å². The van der Waals surface area contributed by atoms with Gasteiger partial charge in [0.15, 0.2) is 0 Å². The number of carbonyl (C=O) groups is 2. The van der Waals surface area contributed by atoms with E-state index in [-0.39, 0.29) is 17.3 Å². The molecule has 2 amide bonds. The molecule has 0 aliphatic rings. The third-order valence-electron chi connectivity index (χ3n) is 6.12. The van der Waals surface area contributed by atoms with Crippen LogP contribution < -0.4 is 9.62 Å². The number of carbonyl (C=O) groups excluding carboxylic acids is 2. The predicted molar refractivity (Wildman–Crippen MR) is 147 cm³/mol. The first-order valence-electron chi connectivity index (χ1n) is 12.5. The summed E-state index contributed by atoms with van der Waals surface area (Å²) in [5.74, 6) is -0.742. The molecule has 0 saturated carbocycles. The quantitative estimate of drug-likeness (QED) is 0.355. The van der Waals surface area contributed by atoms with Gasteiger partial charge in [0.1, 0.15) is 12.6 Å². The third-order valence-corrected chi connectivity index (χ3v) is 7.91. The number of nitrogens with zero attached hydrogens (tertiary/aromatic N) is 2. The van der Waals surface area contributed by atoms with Gasteiger partial charge in [-0.15, -0.1) is 0 Å². The number of nitrogens with one attached hydrogen (secondary N) is 1. The molecule has 1 N–H and O–H groups in total. The topological polar surface area (TPSA) is 86.8 Å². The molecule has 0 unspecified atom stereocenters. The van der Waals surface area contributed by atoms with Gasteiger partial charge in [0.05, 0.1) is 10.6 Å². The average molecular weight is 522 g/mol. The Hall–Kier alpha value is -3.65. The van der Waals surface area contributed by atoms with Crippen molar-refractivity contribution in [1.82, 2.24) is 10.2 Å². The van der Waals surface area contributed by atoms with Crippen LogP contribution in [0.4, 0.5) is 5.69 Å². The summed E-state index contributed by atoms with van der Waals surface area (Å²) in [6.07, 6.45) is 1.77. The standard InChI is InChI=1S/C29H35N3O4S/c1-4-5-20-30-29(34)24(3)31(21-25-18-16-23(2)17-19-25)28(33)22-32(26-12-8-6-9-13-26)37(35,36)27-14-10-7-11-15-27/h6-19,24H,4-5,20-22H2,1-3H3,(H,30,34)/t24-/m1/s1. The highest BCUT2D eigenvalue weighted by atomic mass is 32.2. The van der Waals surface area contributed by atoms with Crippen molar-refractivity contribution in [2.45, 2.75) is 51.1 Å². The molecule has 0 aromatic heterocycles. The van der Waals surface area contributed by atoms with Crippen LogP contribution in [-0.4, -0.2) is 44.3 Å². The van der Waals surface area contributed by atoms with Crippen LogP contribution in [0.5, 0.6) is 0 Å². The first-order valence-corrected chi connectivity index (χ1v) is 13.9. The summed E-state index contributed by atoms with van der Waals surface area (Å²) >= 11 is 0. The summed E-state index contributed by atoms with van der Waals surface area (Å²) in [5, 5.41) is 2.89. The summed E-state index contributed by atoms with van der Waals surface area (Å²) in [7, 11) is -4.04. The van der Waals surface area contributed by atoms with Crippen LogP contribution in [0.1, 0.15) is 37.8 Å². The minimum absolute atomic E-state index is 0.0853. The fraction of sp³-hybridized carbons (Fsp3) is 0.310. The second-order valence-corrected chi connectivity index (χ2v) is 10.9. The molecule has 0 aliphatic heterocycles. The number of rotatable bonds is 12. The lowest BCUT2D eigenvalue weighted by molar-refractivity contribution is -0.139.